The van der Waals surface area contributed by atoms with Crippen LogP contribution in [0, 0.1) is 0 Å². The van der Waals surface area contributed by atoms with E-state index in [0.717, 1.165) is 0 Å². The lowest BCUT2D eigenvalue weighted by Gasteiger charge is -2.10. The summed E-state index contributed by atoms with van der Waals surface area (Å²) in [5, 5.41) is 0. The number of amides is 2. The van der Waals surface area contributed by atoms with Crippen LogP contribution in [0.4, 0.5) is 0 Å². The largest absolute Gasteiger partial charge is 0.371 e. The van der Waals surface area contributed by atoms with Crippen LogP contribution in [-0.4, -0.2) is 36.0 Å². The van der Waals surface area contributed by atoms with E-state index in [1.165, 1.54) is 4.90 Å². The quantitative estimate of drug-likeness (QED) is 0.577. The standard InChI is InChI=1S/C11H9NO3.C2H6/c13-10-8-3-1-2-4-9(8)11(14)12(10)5-7-6-15-7;1-2/h1-4,7H,5-6H2;1-2H3. The Hall–Kier alpha value is -1.68. The minimum Gasteiger partial charge on any atom is -0.371 e. The Bertz CT molecular complexity index is 417. The second kappa shape index (κ2) is 4.67. The van der Waals surface area contributed by atoms with Gasteiger partial charge in [-0.05, 0) is 12.1 Å². The van der Waals surface area contributed by atoms with Gasteiger partial charge in [0.25, 0.3) is 11.8 Å². The molecule has 0 bridgehead atoms. The summed E-state index contributed by atoms with van der Waals surface area (Å²) in [6, 6.07) is 6.90. The van der Waals surface area contributed by atoms with Crippen LogP contribution >= 0.6 is 0 Å². The fourth-order valence-electron chi connectivity index (χ4n) is 1.78. The van der Waals surface area contributed by atoms with Gasteiger partial charge in [0, 0.05) is 0 Å². The molecule has 0 spiro atoms. The molecular weight excluding hydrogens is 218 g/mol. The second-order valence-electron chi connectivity index (χ2n) is 3.72. The monoisotopic (exact) mass is 233 g/mol. The summed E-state index contributed by atoms with van der Waals surface area (Å²) in [4.78, 5) is 24.9. The highest BCUT2D eigenvalue weighted by Crippen LogP contribution is 2.24. The maximum absolute atomic E-state index is 11.8. The van der Waals surface area contributed by atoms with E-state index in [1.54, 1.807) is 24.3 Å². The highest BCUT2D eigenvalue weighted by molar-refractivity contribution is 6.21. The molecule has 1 aromatic rings. The van der Waals surface area contributed by atoms with Crippen molar-refractivity contribution in [2.45, 2.75) is 20.0 Å². The minimum atomic E-state index is -0.203. The number of rotatable bonds is 2. The van der Waals surface area contributed by atoms with Gasteiger partial charge in [-0.1, -0.05) is 26.0 Å². The molecule has 1 unspecified atom stereocenters. The second-order valence-corrected chi connectivity index (χ2v) is 3.72. The zero-order chi connectivity index (χ0) is 12.4. The van der Waals surface area contributed by atoms with Gasteiger partial charge in [-0.3, -0.25) is 14.5 Å². The van der Waals surface area contributed by atoms with Gasteiger partial charge in [0.1, 0.15) is 0 Å². The van der Waals surface area contributed by atoms with Gasteiger partial charge < -0.3 is 4.74 Å². The van der Waals surface area contributed by atoms with Crippen molar-refractivity contribution in [3.8, 4) is 0 Å². The van der Waals surface area contributed by atoms with Crippen molar-refractivity contribution in [3.05, 3.63) is 35.4 Å². The zero-order valence-electron chi connectivity index (χ0n) is 9.97. The fourth-order valence-corrected chi connectivity index (χ4v) is 1.78. The van der Waals surface area contributed by atoms with E-state index in [1.807, 2.05) is 13.8 Å². The first-order valence-corrected chi connectivity index (χ1v) is 5.84. The summed E-state index contributed by atoms with van der Waals surface area (Å²) in [7, 11) is 0. The number of imide groups is 1. The average Bonchev–Trinajstić information content (AvgIpc) is 3.17. The maximum atomic E-state index is 11.8. The molecule has 2 aliphatic heterocycles. The van der Waals surface area contributed by atoms with Crippen molar-refractivity contribution in [2.75, 3.05) is 13.2 Å². The van der Waals surface area contributed by atoms with E-state index in [2.05, 4.69) is 0 Å². The Morgan fingerprint density at radius 2 is 1.65 bits per heavy atom. The first-order valence-electron chi connectivity index (χ1n) is 5.84. The number of hydrogen-bond acceptors (Lipinski definition) is 3. The fraction of sp³-hybridized carbons (Fsp3) is 0.385. The van der Waals surface area contributed by atoms with Crippen molar-refractivity contribution in [1.82, 2.24) is 4.90 Å². The van der Waals surface area contributed by atoms with Gasteiger partial charge in [0.15, 0.2) is 0 Å². The molecule has 2 amide bonds. The van der Waals surface area contributed by atoms with Crippen molar-refractivity contribution in [1.29, 1.82) is 0 Å². The molecule has 0 aromatic heterocycles. The third-order valence-electron chi connectivity index (χ3n) is 2.67. The number of fused-ring (bicyclic) bond motifs is 1. The first kappa shape index (κ1) is 11.8. The molecule has 1 saturated heterocycles. The lowest BCUT2D eigenvalue weighted by Crippen LogP contribution is -2.33. The van der Waals surface area contributed by atoms with E-state index in [4.69, 9.17) is 4.74 Å². The van der Waals surface area contributed by atoms with Gasteiger partial charge in [0.05, 0.1) is 30.4 Å². The number of nitrogens with zero attached hydrogens (tertiary/aromatic N) is 1. The molecule has 1 atom stereocenters. The van der Waals surface area contributed by atoms with E-state index >= 15 is 0 Å². The van der Waals surface area contributed by atoms with Gasteiger partial charge in [-0.15, -0.1) is 0 Å². The molecule has 0 radical (unpaired) electrons. The van der Waals surface area contributed by atoms with Crippen LogP contribution < -0.4 is 0 Å². The summed E-state index contributed by atoms with van der Waals surface area (Å²) in [6.07, 6.45) is 0.0483. The van der Waals surface area contributed by atoms with Crippen LogP contribution in [0.2, 0.25) is 0 Å². The number of carbonyl (C=O) groups excluding carboxylic acids is 2. The minimum absolute atomic E-state index is 0.0483. The van der Waals surface area contributed by atoms with E-state index in [0.29, 0.717) is 24.3 Å². The number of ether oxygens (including phenoxy) is 1. The molecule has 2 heterocycles. The van der Waals surface area contributed by atoms with E-state index in [9.17, 15) is 9.59 Å². The highest BCUT2D eigenvalue weighted by Gasteiger charge is 2.38. The average molecular weight is 233 g/mol. The van der Waals surface area contributed by atoms with Gasteiger partial charge in [-0.2, -0.15) is 0 Å². The normalized spacial score (nSPS) is 20.8. The molecule has 0 saturated carbocycles. The summed E-state index contributed by atoms with van der Waals surface area (Å²) in [5.74, 6) is -0.405. The topological polar surface area (TPSA) is 49.9 Å². The molecule has 17 heavy (non-hydrogen) atoms. The van der Waals surface area contributed by atoms with Crippen molar-refractivity contribution in [2.24, 2.45) is 0 Å². The van der Waals surface area contributed by atoms with Gasteiger partial charge in [0.2, 0.25) is 0 Å². The van der Waals surface area contributed by atoms with Crippen LogP contribution in [0.5, 0.6) is 0 Å². The number of hydrogen-bond donors (Lipinski definition) is 0. The Morgan fingerprint density at radius 1 is 1.18 bits per heavy atom. The third kappa shape index (κ3) is 2.08. The molecule has 1 aromatic carbocycles. The van der Waals surface area contributed by atoms with Crippen molar-refractivity contribution < 1.29 is 14.3 Å². The van der Waals surface area contributed by atoms with Crippen LogP contribution in [-0.2, 0) is 4.74 Å². The summed E-state index contributed by atoms with van der Waals surface area (Å²) in [5.41, 5.74) is 1.01. The maximum Gasteiger partial charge on any atom is 0.261 e. The molecular formula is C13H15NO3. The van der Waals surface area contributed by atoms with Crippen LogP contribution in [0.3, 0.4) is 0 Å². The van der Waals surface area contributed by atoms with Crippen LogP contribution in [0.15, 0.2) is 24.3 Å². The highest BCUT2D eigenvalue weighted by atomic mass is 16.6. The molecule has 2 aliphatic rings. The zero-order valence-corrected chi connectivity index (χ0v) is 9.97. The Kier molecular flexibility index (Phi) is 3.24. The smallest absolute Gasteiger partial charge is 0.261 e. The summed E-state index contributed by atoms with van der Waals surface area (Å²) < 4.78 is 5.02. The molecule has 4 heteroatoms. The van der Waals surface area contributed by atoms with Gasteiger partial charge >= 0.3 is 0 Å². The van der Waals surface area contributed by atoms with Crippen LogP contribution in [0.1, 0.15) is 34.6 Å². The van der Waals surface area contributed by atoms with Crippen LogP contribution in [0.25, 0.3) is 0 Å². The predicted molar refractivity (Wildman–Crippen MR) is 62.9 cm³/mol. The molecule has 1 fully saturated rings. The Balaban J connectivity index is 0.000000514. The Morgan fingerprint density at radius 3 is 2.06 bits per heavy atom. The molecule has 3 rings (SSSR count). The number of epoxide rings is 1. The molecule has 4 nitrogen and oxygen atoms in total. The number of benzene rings is 1. The molecule has 0 N–H and O–H groups in total. The summed E-state index contributed by atoms with van der Waals surface area (Å²) >= 11 is 0. The van der Waals surface area contributed by atoms with E-state index < -0.39 is 0 Å². The number of carbonyl (C=O) groups is 2. The Labute approximate surface area is 100 Å². The predicted octanol–water partition coefficient (Wildman–Crippen LogP) is 1.71. The lowest BCUT2D eigenvalue weighted by molar-refractivity contribution is 0.0642. The van der Waals surface area contributed by atoms with E-state index in [-0.39, 0.29) is 17.9 Å². The van der Waals surface area contributed by atoms with Gasteiger partial charge in [-0.25, -0.2) is 0 Å². The van der Waals surface area contributed by atoms with Crippen molar-refractivity contribution in [3.63, 3.8) is 0 Å². The lowest BCUT2D eigenvalue weighted by atomic mass is 10.1. The van der Waals surface area contributed by atoms with Crippen molar-refractivity contribution >= 4 is 11.8 Å². The summed E-state index contributed by atoms with van der Waals surface area (Å²) in [6.45, 7) is 5.03. The SMILES string of the molecule is CC.O=C1c2ccccc2C(=O)N1CC1CO1. The molecule has 0 aliphatic carbocycles. The molecule has 90 valence electrons. The third-order valence-corrected chi connectivity index (χ3v) is 2.67. The first-order chi connectivity index (χ1) is 8.27.